The minimum Gasteiger partial charge on any atom is -0.545 e. The maximum Gasteiger partial charge on any atom is 1.00 e. The van der Waals surface area contributed by atoms with Gasteiger partial charge in [-0.1, -0.05) is 6.07 Å². The largest absolute Gasteiger partial charge is 1.00 e. The van der Waals surface area contributed by atoms with Crippen LogP contribution >= 0.6 is 0 Å². The van der Waals surface area contributed by atoms with Crippen LogP contribution in [0.2, 0.25) is 0 Å². The zero-order chi connectivity index (χ0) is 27.8. The molecule has 38 heavy (non-hydrogen) atoms. The first-order chi connectivity index (χ1) is 17.6. The topological polar surface area (TPSA) is 152 Å². The van der Waals surface area contributed by atoms with E-state index in [1.54, 1.807) is 33.8 Å². The Kier molecular flexibility index (Phi) is 18.3. The molecule has 1 rings (SSSR count). The molecule has 0 aliphatic carbocycles. The first kappa shape index (κ1) is 35.5. The van der Waals surface area contributed by atoms with Crippen molar-refractivity contribution in [1.29, 1.82) is 0 Å². The van der Waals surface area contributed by atoms with Gasteiger partial charge in [-0.2, -0.15) is 0 Å². The van der Waals surface area contributed by atoms with Crippen molar-refractivity contribution in [2.24, 2.45) is 0 Å². The van der Waals surface area contributed by atoms with Gasteiger partial charge in [-0.05, 0) is 56.5 Å². The number of nitrogens with zero attached hydrogens (tertiary/aromatic N) is 2. The minimum absolute atomic E-state index is 0. The molecule has 13 heteroatoms. The van der Waals surface area contributed by atoms with Gasteiger partial charge in [0.2, 0.25) is 0 Å². The van der Waals surface area contributed by atoms with Crippen LogP contribution in [0.5, 0.6) is 0 Å². The van der Waals surface area contributed by atoms with E-state index in [-0.39, 0.29) is 101 Å². The summed E-state index contributed by atoms with van der Waals surface area (Å²) in [6.45, 7) is 6.38. The Hall–Kier alpha value is -2.51. The zero-order valence-corrected chi connectivity index (χ0v) is 24.8. The summed E-state index contributed by atoms with van der Waals surface area (Å²) < 4.78 is 19.9. The number of rotatable bonds is 17. The molecular formula is C25H35N2NaO10. The molecule has 0 radical (unpaired) electrons. The van der Waals surface area contributed by atoms with Crippen LogP contribution in [0.1, 0.15) is 49.2 Å². The number of benzene rings is 1. The van der Waals surface area contributed by atoms with Gasteiger partial charge in [-0.15, -0.1) is 0 Å². The second kappa shape index (κ2) is 19.5. The summed E-state index contributed by atoms with van der Waals surface area (Å²) in [5.41, 5.74) is 0.766. The van der Waals surface area contributed by atoms with Gasteiger partial charge in [0.05, 0.1) is 58.6 Å². The summed E-state index contributed by atoms with van der Waals surface area (Å²) in [5, 5.41) is 11.7. The van der Waals surface area contributed by atoms with Gasteiger partial charge in [-0.3, -0.25) is 29.0 Å². The molecule has 0 unspecified atom stereocenters. The average Bonchev–Trinajstić information content (AvgIpc) is 2.79. The number of carboxylic acid groups (broad SMARTS) is 1. The Morgan fingerprint density at radius 2 is 0.895 bits per heavy atom. The van der Waals surface area contributed by atoms with E-state index in [4.69, 9.17) is 18.9 Å². The maximum absolute atomic E-state index is 12.1. The van der Waals surface area contributed by atoms with Gasteiger partial charge in [0.1, 0.15) is 0 Å². The average molecular weight is 547 g/mol. The Labute approximate surface area is 244 Å². The Balaban J connectivity index is 0.0000137. The molecule has 0 fully saturated rings. The third-order valence-corrected chi connectivity index (χ3v) is 4.73. The minimum atomic E-state index is -1.44. The van der Waals surface area contributed by atoms with Crippen molar-refractivity contribution in [2.75, 3.05) is 52.6 Å². The molecule has 0 aromatic heterocycles. The molecule has 0 aliphatic rings. The van der Waals surface area contributed by atoms with Gasteiger partial charge < -0.3 is 28.8 Å². The molecular weight excluding hydrogens is 511 g/mol. The van der Waals surface area contributed by atoms with E-state index in [0.29, 0.717) is 11.1 Å². The summed E-state index contributed by atoms with van der Waals surface area (Å²) in [6.07, 6.45) is 0. The van der Waals surface area contributed by atoms with Crippen LogP contribution in [0.4, 0.5) is 0 Å². The van der Waals surface area contributed by atoms with Crippen molar-refractivity contribution >= 4 is 29.8 Å². The molecule has 0 aliphatic heterocycles. The molecule has 0 saturated carbocycles. The Morgan fingerprint density at radius 1 is 0.605 bits per heavy atom. The van der Waals surface area contributed by atoms with Crippen LogP contribution in [0.15, 0.2) is 18.2 Å². The summed E-state index contributed by atoms with van der Waals surface area (Å²) in [5.74, 6) is -3.67. The standard InChI is InChI=1S/C25H36N2O10.Na/c1-5-34-21(28)14-26(15-22(29)35-6-2)12-18-9-19(11-20(10-18)25(32)33)13-27(16-23(30)36-7-3)17-24(31)37-8-4;/h9-11H,5-8,12-17H2,1-4H3,(H,32,33);/q;+1/p-1. The van der Waals surface area contributed by atoms with Gasteiger partial charge in [0, 0.05) is 13.1 Å². The van der Waals surface area contributed by atoms with Gasteiger partial charge >= 0.3 is 53.4 Å². The number of hydrogen-bond acceptors (Lipinski definition) is 12. The quantitative estimate of drug-likeness (QED) is 0.111. The number of carboxylic acids is 1. The SMILES string of the molecule is CCOC(=O)CN(CC(=O)OCC)Cc1cc(CN(CC(=O)OCC)CC(=O)OCC)cc(C(=O)[O-])c1.[Na+]. The first-order valence-electron chi connectivity index (χ1n) is 12.0. The second-order valence-corrected chi connectivity index (χ2v) is 7.84. The third kappa shape index (κ3) is 14.4. The monoisotopic (exact) mass is 546 g/mol. The molecule has 0 atom stereocenters. The summed E-state index contributed by atoms with van der Waals surface area (Å²) >= 11 is 0. The van der Waals surface area contributed by atoms with E-state index in [2.05, 4.69) is 0 Å². The summed E-state index contributed by atoms with van der Waals surface area (Å²) in [4.78, 5) is 62.9. The summed E-state index contributed by atoms with van der Waals surface area (Å²) in [6, 6.07) is 4.38. The van der Waals surface area contributed by atoms with Crippen molar-refractivity contribution in [3.05, 3.63) is 34.9 Å². The van der Waals surface area contributed by atoms with Gasteiger partial charge in [0.15, 0.2) is 0 Å². The van der Waals surface area contributed by atoms with E-state index < -0.39 is 29.8 Å². The van der Waals surface area contributed by atoms with Crippen molar-refractivity contribution in [2.45, 2.75) is 40.8 Å². The Morgan fingerprint density at radius 3 is 1.13 bits per heavy atom. The molecule has 0 bridgehead atoms. The number of carbonyl (C=O) groups is 5. The fourth-order valence-electron chi connectivity index (χ4n) is 3.47. The van der Waals surface area contributed by atoms with E-state index in [9.17, 15) is 29.1 Å². The van der Waals surface area contributed by atoms with Gasteiger partial charge in [0.25, 0.3) is 0 Å². The van der Waals surface area contributed by atoms with E-state index in [1.807, 2.05) is 0 Å². The molecule has 0 spiro atoms. The number of hydrogen-bond donors (Lipinski definition) is 0. The molecule has 0 N–H and O–H groups in total. The van der Waals surface area contributed by atoms with Crippen LogP contribution in [0, 0.1) is 0 Å². The number of carbonyl (C=O) groups excluding carboxylic acids is 5. The number of esters is 4. The fraction of sp³-hybridized carbons (Fsp3) is 0.560. The van der Waals surface area contributed by atoms with Crippen LogP contribution in [0.25, 0.3) is 0 Å². The van der Waals surface area contributed by atoms with Crippen LogP contribution in [-0.2, 0) is 51.2 Å². The number of ether oxygens (including phenoxy) is 4. The van der Waals surface area contributed by atoms with Crippen LogP contribution in [-0.4, -0.2) is 92.3 Å². The van der Waals surface area contributed by atoms with Gasteiger partial charge in [-0.25, -0.2) is 0 Å². The maximum atomic E-state index is 12.1. The summed E-state index contributed by atoms with van der Waals surface area (Å²) in [7, 11) is 0. The predicted octanol–water partition coefficient (Wildman–Crippen LogP) is -3.09. The molecule has 206 valence electrons. The normalized spacial score (nSPS) is 10.5. The zero-order valence-electron chi connectivity index (χ0n) is 22.8. The van der Waals surface area contributed by atoms with E-state index in [1.165, 1.54) is 21.9 Å². The molecule has 0 saturated heterocycles. The number of aromatic carboxylic acids is 1. The molecule has 0 heterocycles. The van der Waals surface area contributed by atoms with Crippen LogP contribution < -0.4 is 34.7 Å². The Bertz CT molecular complexity index is 836. The van der Waals surface area contributed by atoms with E-state index >= 15 is 0 Å². The van der Waals surface area contributed by atoms with Crippen molar-refractivity contribution in [1.82, 2.24) is 9.80 Å². The van der Waals surface area contributed by atoms with Crippen molar-refractivity contribution in [3.8, 4) is 0 Å². The van der Waals surface area contributed by atoms with E-state index in [0.717, 1.165) is 0 Å². The molecule has 1 aromatic rings. The first-order valence-corrected chi connectivity index (χ1v) is 12.0. The molecule has 12 nitrogen and oxygen atoms in total. The predicted molar refractivity (Wildman–Crippen MR) is 128 cm³/mol. The second-order valence-electron chi connectivity index (χ2n) is 7.84. The van der Waals surface area contributed by atoms with Crippen molar-refractivity contribution in [3.63, 3.8) is 0 Å². The third-order valence-electron chi connectivity index (χ3n) is 4.73. The van der Waals surface area contributed by atoms with Crippen molar-refractivity contribution < 1.29 is 77.6 Å². The molecule has 1 aromatic carbocycles. The molecule has 0 amide bonds. The van der Waals surface area contributed by atoms with Crippen LogP contribution in [0.3, 0.4) is 0 Å². The fourth-order valence-corrected chi connectivity index (χ4v) is 3.47. The smallest absolute Gasteiger partial charge is 0.545 e.